The number of hydrazone groups is 1. The lowest BCUT2D eigenvalue weighted by atomic mass is 10.2. The Kier molecular flexibility index (Phi) is 8.96. The van der Waals surface area contributed by atoms with E-state index in [1.54, 1.807) is 48.5 Å². The lowest BCUT2D eigenvalue weighted by Crippen LogP contribution is -2.39. The SMILES string of the molecule is COc1ccc(C)cc1N(CC(=O)N/N=C\c1cc(OC)c(OC)c(OC)c1)S(=O)(=O)c1ccccc1. The first-order valence-corrected chi connectivity index (χ1v) is 12.5. The number of hydrogen-bond acceptors (Lipinski definition) is 8. The van der Waals surface area contributed by atoms with E-state index in [1.807, 2.05) is 6.92 Å². The van der Waals surface area contributed by atoms with Crippen molar-refractivity contribution in [2.24, 2.45) is 5.10 Å². The van der Waals surface area contributed by atoms with Crippen molar-refractivity contribution in [1.82, 2.24) is 5.43 Å². The maximum absolute atomic E-state index is 13.6. The van der Waals surface area contributed by atoms with E-state index >= 15 is 0 Å². The van der Waals surface area contributed by atoms with Crippen LogP contribution in [0.3, 0.4) is 0 Å². The average Bonchev–Trinajstić information content (AvgIpc) is 2.91. The standard InChI is InChI=1S/C26H29N3O7S/c1-18-11-12-22(33-2)21(13-18)29(37(31,32)20-9-7-6-8-10-20)17-25(30)28-27-16-19-14-23(34-3)26(36-5)24(15-19)35-4/h6-16H,17H2,1-5H3,(H,28,30)/b27-16-. The molecule has 0 aliphatic rings. The van der Waals surface area contributed by atoms with Crippen molar-refractivity contribution in [3.63, 3.8) is 0 Å². The van der Waals surface area contributed by atoms with Gasteiger partial charge in [-0.1, -0.05) is 24.3 Å². The van der Waals surface area contributed by atoms with E-state index in [0.717, 1.165) is 9.87 Å². The quantitative estimate of drug-likeness (QED) is 0.300. The van der Waals surface area contributed by atoms with Gasteiger partial charge in [0.05, 0.1) is 45.2 Å². The largest absolute Gasteiger partial charge is 0.495 e. The Labute approximate surface area is 216 Å². The van der Waals surface area contributed by atoms with Crippen LogP contribution in [0.2, 0.25) is 0 Å². The number of rotatable bonds is 11. The number of sulfonamides is 1. The first kappa shape index (κ1) is 27.3. The molecule has 3 aromatic carbocycles. The predicted octanol–water partition coefficient (Wildman–Crippen LogP) is 3.38. The summed E-state index contributed by atoms with van der Waals surface area (Å²) in [7, 11) is 1.79. The molecule has 0 saturated heterocycles. The van der Waals surface area contributed by atoms with Crippen molar-refractivity contribution in [1.29, 1.82) is 0 Å². The van der Waals surface area contributed by atoms with Crippen molar-refractivity contribution in [2.75, 3.05) is 39.3 Å². The Balaban J connectivity index is 1.90. The molecule has 0 saturated carbocycles. The second kappa shape index (κ2) is 12.1. The number of nitrogens with one attached hydrogen (secondary N) is 1. The highest BCUT2D eigenvalue weighted by molar-refractivity contribution is 7.92. The summed E-state index contributed by atoms with van der Waals surface area (Å²) in [6, 6.07) is 16.3. The number of hydrogen-bond donors (Lipinski definition) is 1. The highest BCUT2D eigenvalue weighted by atomic mass is 32.2. The molecule has 11 heteroatoms. The maximum atomic E-state index is 13.6. The third-order valence-corrected chi connectivity index (χ3v) is 7.09. The third kappa shape index (κ3) is 6.31. The molecule has 0 aliphatic carbocycles. The molecular formula is C26H29N3O7S. The summed E-state index contributed by atoms with van der Waals surface area (Å²) in [4.78, 5) is 12.9. The second-order valence-corrected chi connectivity index (χ2v) is 9.61. The predicted molar refractivity (Wildman–Crippen MR) is 141 cm³/mol. The van der Waals surface area contributed by atoms with E-state index in [-0.39, 0.29) is 10.6 Å². The molecule has 37 heavy (non-hydrogen) atoms. The fraction of sp³-hybridized carbons (Fsp3) is 0.231. The molecule has 0 heterocycles. The fourth-order valence-electron chi connectivity index (χ4n) is 3.53. The number of aryl methyl sites for hydroxylation is 1. The van der Waals surface area contributed by atoms with Crippen LogP contribution in [0.1, 0.15) is 11.1 Å². The van der Waals surface area contributed by atoms with Gasteiger partial charge in [0.1, 0.15) is 12.3 Å². The van der Waals surface area contributed by atoms with E-state index in [0.29, 0.717) is 28.6 Å². The highest BCUT2D eigenvalue weighted by Gasteiger charge is 2.29. The van der Waals surface area contributed by atoms with E-state index in [2.05, 4.69) is 10.5 Å². The topological polar surface area (TPSA) is 116 Å². The zero-order valence-corrected chi connectivity index (χ0v) is 22.0. The summed E-state index contributed by atoms with van der Waals surface area (Å²) in [5, 5.41) is 3.98. The van der Waals surface area contributed by atoms with Gasteiger partial charge in [-0.05, 0) is 48.9 Å². The number of nitrogens with zero attached hydrogens (tertiary/aromatic N) is 2. The van der Waals surface area contributed by atoms with Crippen molar-refractivity contribution >= 4 is 27.8 Å². The van der Waals surface area contributed by atoms with Gasteiger partial charge < -0.3 is 18.9 Å². The minimum Gasteiger partial charge on any atom is -0.495 e. The second-order valence-electron chi connectivity index (χ2n) is 7.75. The summed E-state index contributed by atoms with van der Waals surface area (Å²) >= 11 is 0. The first-order valence-electron chi connectivity index (χ1n) is 11.1. The normalized spacial score (nSPS) is 11.2. The smallest absolute Gasteiger partial charge is 0.264 e. The van der Waals surface area contributed by atoms with E-state index in [1.165, 1.54) is 46.8 Å². The molecule has 0 spiro atoms. The third-order valence-electron chi connectivity index (χ3n) is 5.31. The van der Waals surface area contributed by atoms with Crippen molar-refractivity contribution < 1.29 is 32.2 Å². The van der Waals surface area contributed by atoms with Crippen LogP contribution in [0, 0.1) is 6.92 Å². The van der Waals surface area contributed by atoms with Crippen molar-refractivity contribution in [2.45, 2.75) is 11.8 Å². The molecule has 196 valence electrons. The Hall–Kier alpha value is -4.25. The van der Waals surface area contributed by atoms with E-state index in [4.69, 9.17) is 18.9 Å². The summed E-state index contributed by atoms with van der Waals surface area (Å²) in [5.41, 5.74) is 3.97. The summed E-state index contributed by atoms with van der Waals surface area (Å²) in [5.74, 6) is 0.897. The van der Waals surface area contributed by atoms with Crippen LogP contribution < -0.4 is 28.7 Å². The summed E-state index contributed by atoms with van der Waals surface area (Å²) in [6.07, 6.45) is 1.38. The van der Waals surface area contributed by atoms with Gasteiger partial charge in [-0.25, -0.2) is 13.8 Å². The molecular weight excluding hydrogens is 498 g/mol. The van der Waals surface area contributed by atoms with Gasteiger partial charge in [0.15, 0.2) is 11.5 Å². The molecule has 10 nitrogen and oxygen atoms in total. The molecule has 0 fully saturated rings. The molecule has 3 rings (SSSR count). The lowest BCUT2D eigenvalue weighted by molar-refractivity contribution is -0.119. The fourth-order valence-corrected chi connectivity index (χ4v) is 4.98. The van der Waals surface area contributed by atoms with Crippen LogP contribution >= 0.6 is 0 Å². The average molecular weight is 528 g/mol. The van der Waals surface area contributed by atoms with Crippen LogP contribution in [0.25, 0.3) is 0 Å². The van der Waals surface area contributed by atoms with Crippen LogP contribution in [0.15, 0.2) is 70.7 Å². The van der Waals surface area contributed by atoms with Gasteiger partial charge in [0.2, 0.25) is 5.75 Å². The van der Waals surface area contributed by atoms with E-state index < -0.39 is 22.5 Å². The Bertz CT molecular complexity index is 1350. The summed E-state index contributed by atoms with van der Waals surface area (Å²) in [6.45, 7) is 1.28. The van der Waals surface area contributed by atoms with Crippen LogP contribution in [-0.4, -0.2) is 55.5 Å². The number of carbonyl (C=O) groups is 1. The Morgan fingerprint density at radius 3 is 2.08 bits per heavy atom. The molecule has 1 N–H and O–H groups in total. The lowest BCUT2D eigenvalue weighted by Gasteiger charge is -2.25. The molecule has 0 aromatic heterocycles. The molecule has 0 unspecified atom stereocenters. The van der Waals surface area contributed by atoms with Crippen LogP contribution in [0.5, 0.6) is 23.0 Å². The van der Waals surface area contributed by atoms with Crippen LogP contribution in [0.4, 0.5) is 5.69 Å². The molecule has 0 atom stereocenters. The monoisotopic (exact) mass is 527 g/mol. The van der Waals surface area contributed by atoms with Crippen molar-refractivity contribution in [3.8, 4) is 23.0 Å². The van der Waals surface area contributed by atoms with Gasteiger partial charge in [-0.15, -0.1) is 0 Å². The highest BCUT2D eigenvalue weighted by Crippen LogP contribution is 2.38. The van der Waals surface area contributed by atoms with Gasteiger partial charge in [-0.2, -0.15) is 5.10 Å². The van der Waals surface area contributed by atoms with Crippen LogP contribution in [-0.2, 0) is 14.8 Å². The van der Waals surface area contributed by atoms with Crippen molar-refractivity contribution in [3.05, 3.63) is 71.8 Å². The molecule has 0 aliphatic heterocycles. The van der Waals surface area contributed by atoms with Gasteiger partial charge in [0.25, 0.3) is 15.9 Å². The number of carbonyl (C=O) groups excluding carboxylic acids is 1. The number of ether oxygens (including phenoxy) is 4. The number of methoxy groups -OCH3 is 4. The van der Waals surface area contributed by atoms with E-state index in [9.17, 15) is 13.2 Å². The number of amides is 1. The molecule has 0 bridgehead atoms. The molecule has 1 amide bonds. The van der Waals surface area contributed by atoms with Gasteiger partial charge >= 0.3 is 0 Å². The Morgan fingerprint density at radius 2 is 1.51 bits per heavy atom. The molecule has 3 aromatic rings. The maximum Gasteiger partial charge on any atom is 0.264 e. The summed E-state index contributed by atoms with van der Waals surface area (Å²) < 4.78 is 49.4. The minimum atomic E-state index is -4.11. The zero-order valence-electron chi connectivity index (χ0n) is 21.2. The zero-order chi connectivity index (χ0) is 27.0. The Morgan fingerprint density at radius 1 is 0.892 bits per heavy atom. The minimum absolute atomic E-state index is 0.0345. The molecule has 0 radical (unpaired) electrons. The first-order chi connectivity index (χ1) is 17.7. The number of benzene rings is 3. The van der Waals surface area contributed by atoms with Gasteiger partial charge in [-0.3, -0.25) is 9.10 Å². The number of anilines is 1. The van der Waals surface area contributed by atoms with Gasteiger partial charge in [0, 0.05) is 5.56 Å².